The highest BCUT2D eigenvalue weighted by Gasteiger charge is 2.25. The van der Waals surface area contributed by atoms with E-state index in [1.54, 1.807) is 0 Å². The van der Waals surface area contributed by atoms with Crippen LogP contribution in [-0.2, 0) is 5.41 Å². The number of aromatic amines is 1. The Balaban J connectivity index is 2.64. The predicted octanol–water partition coefficient (Wildman–Crippen LogP) is 3.76. The van der Waals surface area contributed by atoms with Gasteiger partial charge in [-0.1, -0.05) is 31.5 Å². The molecule has 0 aliphatic rings. The monoisotopic (exact) mass is 250 g/mol. The SMILES string of the molecule is Cc1[nH]c2cc(Cl)ccc2c1C(C)(C)CCN. The van der Waals surface area contributed by atoms with Crippen molar-refractivity contribution >= 4 is 22.5 Å². The van der Waals surface area contributed by atoms with Gasteiger partial charge in [0, 0.05) is 21.6 Å². The second-order valence-corrected chi connectivity index (χ2v) is 5.67. The molecule has 1 aromatic carbocycles. The van der Waals surface area contributed by atoms with Crippen molar-refractivity contribution in [2.45, 2.75) is 32.6 Å². The maximum absolute atomic E-state index is 6.02. The van der Waals surface area contributed by atoms with Crippen molar-refractivity contribution in [3.05, 3.63) is 34.5 Å². The van der Waals surface area contributed by atoms with Crippen molar-refractivity contribution in [1.29, 1.82) is 0 Å². The van der Waals surface area contributed by atoms with Gasteiger partial charge in [-0.25, -0.2) is 0 Å². The Labute approximate surface area is 107 Å². The highest BCUT2D eigenvalue weighted by atomic mass is 35.5. The molecule has 0 spiro atoms. The molecule has 0 saturated heterocycles. The minimum atomic E-state index is 0.0882. The van der Waals surface area contributed by atoms with Crippen molar-refractivity contribution in [2.24, 2.45) is 5.73 Å². The lowest BCUT2D eigenvalue weighted by atomic mass is 9.80. The van der Waals surface area contributed by atoms with Gasteiger partial charge in [-0.2, -0.15) is 0 Å². The van der Waals surface area contributed by atoms with Gasteiger partial charge in [-0.3, -0.25) is 0 Å². The quantitative estimate of drug-likeness (QED) is 0.856. The molecule has 0 unspecified atom stereocenters. The summed E-state index contributed by atoms with van der Waals surface area (Å²) in [6, 6.07) is 6.01. The van der Waals surface area contributed by atoms with Gasteiger partial charge in [0.2, 0.25) is 0 Å². The fourth-order valence-corrected chi connectivity index (χ4v) is 2.83. The molecule has 3 heteroatoms. The van der Waals surface area contributed by atoms with Gasteiger partial charge in [0.1, 0.15) is 0 Å². The molecule has 2 aromatic rings. The van der Waals surface area contributed by atoms with Crippen molar-refractivity contribution in [1.82, 2.24) is 4.98 Å². The van der Waals surface area contributed by atoms with Crippen LogP contribution in [0.1, 0.15) is 31.5 Å². The van der Waals surface area contributed by atoms with Crippen LogP contribution in [-0.4, -0.2) is 11.5 Å². The number of nitrogens with two attached hydrogens (primary N) is 1. The van der Waals surface area contributed by atoms with Gasteiger partial charge in [-0.05, 0) is 43.0 Å². The summed E-state index contributed by atoms with van der Waals surface area (Å²) in [6.07, 6.45) is 0.976. The summed E-state index contributed by atoms with van der Waals surface area (Å²) < 4.78 is 0. The van der Waals surface area contributed by atoms with Crippen molar-refractivity contribution in [3.8, 4) is 0 Å². The lowest BCUT2D eigenvalue weighted by Crippen LogP contribution is -2.22. The van der Waals surface area contributed by atoms with Crippen LogP contribution >= 0.6 is 11.6 Å². The Morgan fingerprint density at radius 1 is 1.35 bits per heavy atom. The number of fused-ring (bicyclic) bond motifs is 1. The van der Waals surface area contributed by atoms with Gasteiger partial charge in [0.15, 0.2) is 0 Å². The lowest BCUT2D eigenvalue weighted by Gasteiger charge is -2.25. The number of aromatic nitrogens is 1. The molecule has 0 aliphatic carbocycles. The molecule has 3 N–H and O–H groups in total. The van der Waals surface area contributed by atoms with Crippen LogP contribution in [0.4, 0.5) is 0 Å². The summed E-state index contributed by atoms with van der Waals surface area (Å²) in [4.78, 5) is 3.41. The molecule has 1 heterocycles. The van der Waals surface area contributed by atoms with Gasteiger partial charge >= 0.3 is 0 Å². The zero-order valence-corrected chi connectivity index (χ0v) is 11.4. The van der Waals surface area contributed by atoms with Crippen LogP contribution in [0, 0.1) is 6.92 Å². The average molecular weight is 251 g/mol. The summed E-state index contributed by atoms with van der Waals surface area (Å²) in [6.45, 7) is 7.29. The topological polar surface area (TPSA) is 41.8 Å². The Bertz CT molecular complexity index is 540. The number of nitrogens with one attached hydrogen (secondary N) is 1. The minimum Gasteiger partial charge on any atom is -0.358 e. The van der Waals surface area contributed by atoms with E-state index >= 15 is 0 Å². The van der Waals surface area contributed by atoms with Crippen molar-refractivity contribution < 1.29 is 0 Å². The molecule has 0 aliphatic heterocycles. The molecule has 2 nitrogen and oxygen atoms in total. The molecular weight excluding hydrogens is 232 g/mol. The Kier molecular flexibility index (Phi) is 3.19. The van der Waals surface area contributed by atoms with E-state index in [0.29, 0.717) is 6.54 Å². The van der Waals surface area contributed by atoms with E-state index in [2.05, 4.69) is 31.8 Å². The third-order valence-electron chi connectivity index (χ3n) is 3.39. The first-order chi connectivity index (χ1) is 7.95. The highest BCUT2D eigenvalue weighted by Crippen LogP contribution is 2.36. The number of rotatable bonds is 3. The maximum atomic E-state index is 6.02. The zero-order chi connectivity index (χ0) is 12.6. The first-order valence-corrected chi connectivity index (χ1v) is 6.32. The molecule has 92 valence electrons. The van der Waals surface area contributed by atoms with Crippen LogP contribution in [0.25, 0.3) is 10.9 Å². The lowest BCUT2D eigenvalue weighted by molar-refractivity contribution is 0.489. The summed E-state index contributed by atoms with van der Waals surface area (Å²) >= 11 is 6.02. The van der Waals surface area contributed by atoms with Gasteiger partial charge < -0.3 is 10.7 Å². The fourth-order valence-electron chi connectivity index (χ4n) is 2.66. The van der Waals surface area contributed by atoms with Crippen molar-refractivity contribution in [3.63, 3.8) is 0 Å². The number of hydrogen-bond donors (Lipinski definition) is 2. The number of hydrogen-bond acceptors (Lipinski definition) is 1. The molecule has 1 aromatic heterocycles. The second-order valence-electron chi connectivity index (χ2n) is 5.24. The van der Waals surface area contributed by atoms with Crippen LogP contribution in [0.15, 0.2) is 18.2 Å². The first-order valence-electron chi connectivity index (χ1n) is 5.94. The van der Waals surface area contributed by atoms with Gasteiger partial charge in [0.25, 0.3) is 0 Å². The molecule has 0 bridgehead atoms. The van der Waals surface area contributed by atoms with Crippen LogP contribution in [0.3, 0.4) is 0 Å². The minimum absolute atomic E-state index is 0.0882. The number of aryl methyl sites for hydroxylation is 1. The molecule has 0 radical (unpaired) electrons. The maximum Gasteiger partial charge on any atom is 0.0474 e. The fraction of sp³-hybridized carbons (Fsp3) is 0.429. The van der Waals surface area contributed by atoms with Gasteiger partial charge in [0.05, 0.1) is 0 Å². The number of benzene rings is 1. The summed E-state index contributed by atoms with van der Waals surface area (Å²) in [5.74, 6) is 0. The van der Waals surface area contributed by atoms with Gasteiger partial charge in [-0.15, -0.1) is 0 Å². The zero-order valence-electron chi connectivity index (χ0n) is 10.6. The number of H-pyrrole nitrogens is 1. The van der Waals surface area contributed by atoms with E-state index in [-0.39, 0.29) is 5.41 Å². The molecule has 0 atom stereocenters. The predicted molar refractivity (Wildman–Crippen MR) is 74.7 cm³/mol. The molecular formula is C14H19ClN2. The first kappa shape index (κ1) is 12.5. The van der Waals surface area contributed by atoms with E-state index < -0.39 is 0 Å². The summed E-state index contributed by atoms with van der Waals surface area (Å²) in [5, 5.41) is 2.02. The molecule has 0 amide bonds. The Morgan fingerprint density at radius 3 is 2.71 bits per heavy atom. The van der Waals surface area contributed by atoms with Crippen molar-refractivity contribution in [2.75, 3.05) is 6.54 Å². The average Bonchev–Trinajstić information content (AvgIpc) is 2.53. The third-order valence-corrected chi connectivity index (χ3v) is 3.63. The van der Waals surface area contributed by atoms with Crippen LogP contribution < -0.4 is 5.73 Å². The summed E-state index contributed by atoms with van der Waals surface area (Å²) in [5.41, 5.74) is 9.47. The van der Waals surface area contributed by atoms with Crippen LogP contribution in [0.2, 0.25) is 5.02 Å². The van der Waals surface area contributed by atoms with E-state index in [9.17, 15) is 0 Å². The molecule has 2 rings (SSSR count). The van der Waals surface area contributed by atoms with Crippen LogP contribution in [0.5, 0.6) is 0 Å². The van der Waals surface area contributed by atoms with E-state index in [4.69, 9.17) is 17.3 Å². The smallest absolute Gasteiger partial charge is 0.0474 e. The van der Waals surface area contributed by atoms with E-state index in [1.807, 2.05) is 12.1 Å². The van der Waals surface area contributed by atoms with E-state index in [0.717, 1.165) is 17.0 Å². The Morgan fingerprint density at radius 2 is 2.06 bits per heavy atom. The third kappa shape index (κ3) is 2.20. The Hall–Kier alpha value is -0.990. The standard InChI is InChI=1S/C14H19ClN2/c1-9-13(14(2,3)6-7-16)11-5-4-10(15)8-12(11)17-9/h4-5,8,17H,6-7,16H2,1-3H3. The molecule has 17 heavy (non-hydrogen) atoms. The molecule has 0 fully saturated rings. The van der Waals surface area contributed by atoms with E-state index in [1.165, 1.54) is 16.6 Å². The highest BCUT2D eigenvalue weighted by molar-refractivity contribution is 6.31. The normalized spacial score (nSPS) is 12.3. The molecule has 0 saturated carbocycles. The number of halogens is 1. The summed E-state index contributed by atoms with van der Waals surface area (Å²) in [7, 11) is 0. The largest absolute Gasteiger partial charge is 0.358 e. The second kappa shape index (κ2) is 4.35.